The summed E-state index contributed by atoms with van der Waals surface area (Å²) in [6.07, 6.45) is -0.481. The van der Waals surface area contributed by atoms with E-state index in [1.54, 1.807) is 18.2 Å². The first kappa shape index (κ1) is 43.7. The van der Waals surface area contributed by atoms with E-state index in [1.165, 1.54) is 29.9 Å². The van der Waals surface area contributed by atoms with Crippen LogP contribution >= 0.6 is 0 Å². The van der Waals surface area contributed by atoms with Crippen molar-refractivity contribution in [2.24, 2.45) is 0 Å². The molecule has 3 aromatic rings. The van der Waals surface area contributed by atoms with Crippen LogP contribution in [0.15, 0.2) is 47.4 Å². The van der Waals surface area contributed by atoms with Gasteiger partial charge < -0.3 is 44.2 Å². The quantitative estimate of drug-likeness (QED) is 0.0772. The molecule has 2 aromatic carbocycles. The van der Waals surface area contributed by atoms with Gasteiger partial charge in [0.25, 0.3) is 0 Å². The molecule has 13 nitrogen and oxygen atoms in total. The summed E-state index contributed by atoms with van der Waals surface area (Å²) in [5.41, 5.74) is 1.84. The minimum absolute atomic E-state index is 0.0216. The number of hydrogen-bond donors (Lipinski definition) is 4. The average Bonchev–Trinajstić information content (AvgIpc) is 3.50. The SMILES string of the molecule is CCCCC(=O)NCCOCCOCCOCCNS(=O)(=O)c1ccc(NCC#Cc2cc3c(NC4CCOCC4)cccc3n2CC(F)(F)F)c(OC)c1. The van der Waals surface area contributed by atoms with Crippen LogP contribution in [-0.4, -0.2) is 111 Å². The van der Waals surface area contributed by atoms with Gasteiger partial charge in [-0.05, 0) is 55.5 Å². The summed E-state index contributed by atoms with van der Waals surface area (Å²) in [6, 6.07) is 11.4. The fraction of sp³-hybridized carbons (Fsp3) is 0.553. The molecule has 17 heteroatoms. The molecule has 1 saturated heterocycles. The van der Waals surface area contributed by atoms with Crippen LogP contribution < -0.4 is 25.4 Å². The highest BCUT2D eigenvalue weighted by molar-refractivity contribution is 7.89. The number of carbonyl (C=O) groups is 1. The van der Waals surface area contributed by atoms with E-state index in [0.717, 1.165) is 31.4 Å². The molecule has 2 heterocycles. The second-order valence-corrected chi connectivity index (χ2v) is 14.5. The predicted octanol–water partition coefficient (Wildman–Crippen LogP) is 4.90. The molecule has 1 aromatic heterocycles. The highest BCUT2D eigenvalue weighted by atomic mass is 32.2. The Morgan fingerprint density at radius 1 is 0.964 bits per heavy atom. The molecule has 4 N–H and O–H groups in total. The van der Waals surface area contributed by atoms with E-state index in [1.807, 2.05) is 13.0 Å². The summed E-state index contributed by atoms with van der Waals surface area (Å²) in [5.74, 6) is 6.05. The zero-order chi connectivity index (χ0) is 39.5. The number of nitrogens with one attached hydrogen (secondary N) is 4. The van der Waals surface area contributed by atoms with Crippen molar-refractivity contribution < 1.29 is 50.1 Å². The third-order valence-electron chi connectivity index (χ3n) is 8.54. The molecule has 0 spiro atoms. The maximum atomic E-state index is 13.6. The fourth-order valence-corrected chi connectivity index (χ4v) is 6.77. The lowest BCUT2D eigenvalue weighted by atomic mass is 10.1. The summed E-state index contributed by atoms with van der Waals surface area (Å²) in [7, 11) is -2.49. The summed E-state index contributed by atoms with van der Waals surface area (Å²) in [6.45, 7) is 4.49. The van der Waals surface area contributed by atoms with Crippen LogP contribution in [0.4, 0.5) is 24.5 Å². The van der Waals surface area contributed by atoms with Crippen molar-refractivity contribution in [1.29, 1.82) is 0 Å². The number of benzene rings is 2. The molecule has 4 rings (SSSR count). The number of ether oxygens (including phenoxy) is 5. The Labute approximate surface area is 321 Å². The number of unbranched alkanes of at least 4 members (excludes halogenated alkanes) is 1. The highest BCUT2D eigenvalue weighted by Gasteiger charge is 2.30. The molecule has 55 heavy (non-hydrogen) atoms. The van der Waals surface area contributed by atoms with Gasteiger partial charge in [0.1, 0.15) is 12.3 Å². The van der Waals surface area contributed by atoms with Gasteiger partial charge in [-0.15, -0.1) is 0 Å². The zero-order valence-corrected chi connectivity index (χ0v) is 32.2. The van der Waals surface area contributed by atoms with Gasteiger partial charge in [0.2, 0.25) is 15.9 Å². The number of sulfonamides is 1. The number of methoxy groups -OCH3 is 1. The Hall–Kier alpha value is -4.05. The molecule has 0 aliphatic carbocycles. The molecule has 0 bridgehead atoms. The Morgan fingerprint density at radius 3 is 2.36 bits per heavy atom. The van der Waals surface area contributed by atoms with Crippen LogP contribution in [0, 0.1) is 11.8 Å². The highest BCUT2D eigenvalue weighted by Crippen LogP contribution is 2.31. The normalized spacial score (nSPS) is 13.7. The number of aromatic nitrogens is 1. The number of halogens is 3. The van der Waals surface area contributed by atoms with E-state index >= 15 is 0 Å². The van der Waals surface area contributed by atoms with Gasteiger partial charge in [-0.2, -0.15) is 13.2 Å². The third-order valence-corrected chi connectivity index (χ3v) is 10.00. The molecular formula is C38H52F3N5O8S. The molecule has 1 fully saturated rings. The lowest BCUT2D eigenvalue weighted by Gasteiger charge is -2.24. The molecule has 0 saturated carbocycles. The van der Waals surface area contributed by atoms with E-state index in [0.29, 0.717) is 69.2 Å². The Balaban J connectivity index is 1.22. The van der Waals surface area contributed by atoms with Crippen LogP contribution in [0.25, 0.3) is 10.9 Å². The van der Waals surface area contributed by atoms with Crippen molar-refractivity contribution in [3.05, 3.63) is 48.2 Å². The first-order chi connectivity index (χ1) is 26.5. The molecule has 0 radical (unpaired) electrons. The number of alkyl halides is 3. The number of carbonyl (C=O) groups excluding carboxylic acids is 1. The van der Waals surface area contributed by atoms with Crippen LogP contribution in [0.3, 0.4) is 0 Å². The first-order valence-corrected chi connectivity index (χ1v) is 19.9. The topological polar surface area (TPSA) is 150 Å². The lowest BCUT2D eigenvalue weighted by Crippen LogP contribution is -2.28. The second kappa shape index (κ2) is 22.5. The number of anilines is 2. The zero-order valence-electron chi connectivity index (χ0n) is 31.4. The van der Waals surface area contributed by atoms with Crippen molar-refractivity contribution in [2.45, 2.75) is 62.7 Å². The molecule has 304 valence electrons. The van der Waals surface area contributed by atoms with Crippen molar-refractivity contribution in [2.75, 3.05) is 90.2 Å². The molecule has 1 aliphatic rings. The van der Waals surface area contributed by atoms with E-state index in [2.05, 4.69) is 32.5 Å². The van der Waals surface area contributed by atoms with Gasteiger partial charge in [0.05, 0.1) is 75.1 Å². The second-order valence-electron chi connectivity index (χ2n) is 12.7. The largest absolute Gasteiger partial charge is 0.495 e. The van der Waals surface area contributed by atoms with Crippen LogP contribution in [0.1, 0.15) is 44.7 Å². The van der Waals surface area contributed by atoms with Gasteiger partial charge in [0.15, 0.2) is 0 Å². The maximum absolute atomic E-state index is 13.6. The summed E-state index contributed by atoms with van der Waals surface area (Å²) in [4.78, 5) is 11.5. The minimum Gasteiger partial charge on any atom is -0.495 e. The summed E-state index contributed by atoms with van der Waals surface area (Å²) < 4.78 is 97.6. The molecular weight excluding hydrogens is 744 g/mol. The molecule has 0 unspecified atom stereocenters. The van der Waals surface area contributed by atoms with Crippen LogP contribution in [0.2, 0.25) is 0 Å². The summed E-state index contributed by atoms with van der Waals surface area (Å²) >= 11 is 0. The van der Waals surface area contributed by atoms with Crippen molar-refractivity contribution >= 4 is 38.2 Å². The van der Waals surface area contributed by atoms with E-state index in [4.69, 9.17) is 23.7 Å². The monoisotopic (exact) mass is 795 g/mol. The van der Waals surface area contributed by atoms with Crippen molar-refractivity contribution in [3.8, 4) is 17.6 Å². The van der Waals surface area contributed by atoms with Crippen LogP contribution in [-0.2, 0) is 40.3 Å². The fourth-order valence-electron chi connectivity index (χ4n) is 5.75. The number of nitrogens with zero attached hydrogens (tertiary/aromatic N) is 1. The van der Waals surface area contributed by atoms with Crippen LogP contribution in [0.5, 0.6) is 5.75 Å². The van der Waals surface area contributed by atoms with E-state index in [-0.39, 0.29) is 54.6 Å². The molecule has 1 aliphatic heterocycles. The maximum Gasteiger partial charge on any atom is 0.406 e. The number of fused-ring (bicyclic) bond motifs is 1. The van der Waals surface area contributed by atoms with Crippen molar-refractivity contribution in [1.82, 2.24) is 14.6 Å². The van der Waals surface area contributed by atoms with Gasteiger partial charge in [-0.1, -0.05) is 25.3 Å². The van der Waals surface area contributed by atoms with E-state index < -0.39 is 22.7 Å². The van der Waals surface area contributed by atoms with Gasteiger partial charge in [-0.3, -0.25) is 4.79 Å². The first-order valence-electron chi connectivity index (χ1n) is 18.4. The standard InChI is InChI=1S/C38H52F3N5O8S/c1-3-4-10-37(47)43-16-20-52-22-24-54-25-23-53-21-17-44-55(48,49)31-11-12-34(36(27-31)50-2)42-15-6-7-30-26-32-33(45-29-13-18-51-19-14-29)8-5-9-35(32)46(30)28-38(39,40)41/h5,8-9,11-12,26-27,29,42,44-45H,3-4,10,13-25,28H2,1-2H3,(H,43,47). The molecule has 1 amide bonds. The Bertz CT molecular complexity index is 1820. The van der Waals surface area contributed by atoms with E-state index in [9.17, 15) is 26.4 Å². The molecule has 0 atom stereocenters. The number of rotatable bonds is 23. The number of amides is 1. The van der Waals surface area contributed by atoms with Gasteiger partial charge in [-0.25, -0.2) is 13.1 Å². The van der Waals surface area contributed by atoms with Gasteiger partial charge in [0, 0.05) is 55.9 Å². The predicted molar refractivity (Wildman–Crippen MR) is 204 cm³/mol. The lowest BCUT2D eigenvalue weighted by molar-refractivity contribution is -0.140. The minimum atomic E-state index is -4.45. The average molecular weight is 796 g/mol. The Morgan fingerprint density at radius 2 is 1.67 bits per heavy atom. The summed E-state index contributed by atoms with van der Waals surface area (Å²) in [5, 5.41) is 9.97. The van der Waals surface area contributed by atoms with Crippen molar-refractivity contribution in [3.63, 3.8) is 0 Å². The van der Waals surface area contributed by atoms with Gasteiger partial charge >= 0.3 is 6.18 Å². The smallest absolute Gasteiger partial charge is 0.406 e. The third kappa shape index (κ3) is 14.8. The number of hydrogen-bond acceptors (Lipinski definition) is 10. The Kier molecular flexibility index (Phi) is 17.9.